The molecule has 6 bridgehead atoms. The van der Waals surface area contributed by atoms with Crippen molar-refractivity contribution in [3.05, 3.63) is 0 Å². The van der Waals surface area contributed by atoms with E-state index in [-0.39, 0.29) is 11.0 Å². The van der Waals surface area contributed by atoms with Crippen LogP contribution in [0, 0.1) is 0 Å². The maximum atomic E-state index is 8.40. The molecule has 4 N–H and O–H groups in total. The van der Waals surface area contributed by atoms with E-state index in [1.165, 1.54) is 0 Å². The molecule has 23 heavy (non-hydrogen) atoms. The van der Waals surface area contributed by atoms with Gasteiger partial charge in [0.2, 0.25) is 0 Å². The highest BCUT2D eigenvalue weighted by molar-refractivity contribution is 6.81. The van der Waals surface area contributed by atoms with Crippen molar-refractivity contribution in [2.45, 2.75) is 0 Å². The van der Waals surface area contributed by atoms with E-state index in [4.69, 9.17) is 43.4 Å². The van der Waals surface area contributed by atoms with Crippen LogP contribution in [0.25, 0.3) is 0 Å². The molecule has 0 unspecified atom stereocenters. The largest absolute Gasteiger partial charge is 0.821 e. The fraction of sp³-hybridized carbons (Fsp3) is 0. The average molecular weight is 462 g/mol. The molecule has 0 amide bonds. The molecule has 0 aromatic carbocycles. The zero-order valence-corrected chi connectivity index (χ0v) is 19.7. The zero-order valence-electron chi connectivity index (χ0n) is 10.8. The Morgan fingerprint density at radius 1 is 0.391 bits per heavy atom. The van der Waals surface area contributed by atoms with Gasteiger partial charge in [-0.05, 0) is 0 Å². The van der Waals surface area contributed by atoms with Crippen LogP contribution >= 0.6 is 0 Å². The third-order valence-corrected chi connectivity index (χ3v) is 18.0. The van der Waals surface area contributed by atoms with E-state index < -0.39 is 109 Å². The molecular weight excluding hydrogens is 458 g/mol. The first kappa shape index (κ1) is 25.4. The van der Waals surface area contributed by atoms with Crippen molar-refractivity contribution in [1.29, 1.82) is 0 Å². The molecule has 9 aliphatic rings. The molecule has 120 valence electrons. The number of hydrogen-bond acceptors (Lipinski definition) is 13. The molecule has 9 rings (SSSR count). The van der Waals surface area contributed by atoms with E-state index in [9.17, 15) is 0 Å². The van der Waals surface area contributed by atoms with Crippen molar-refractivity contribution >= 4 is 109 Å². The summed E-state index contributed by atoms with van der Waals surface area (Å²) < 4.78 is 77.4. The van der Waals surface area contributed by atoms with Crippen LogP contribution in [0.3, 0.4) is 0 Å². The fourth-order valence-electron chi connectivity index (χ4n) is 0.908. The second-order valence-corrected chi connectivity index (χ2v) is 16.7. The second-order valence-electron chi connectivity index (χ2n) is 3.12. The Hall–Kier alpha value is 2.39. The zero-order chi connectivity index (χ0) is 15.2. The minimum Gasteiger partial charge on any atom is -0.547 e. The molecule has 23 heteroatoms. The summed E-state index contributed by atoms with van der Waals surface area (Å²) >= 11 is -7.58. The van der Waals surface area contributed by atoms with Crippen LogP contribution in [-0.4, -0.2) is 120 Å². The first-order valence-electron chi connectivity index (χ1n) is 5.06. The van der Waals surface area contributed by atoms with Crippen LogP contribution in [0.15, 0.2) is 0 Å². The predicted octanol–water partition coefficient (Wildman–Crippen LogP) is -5.79. The molecular formula is H4Al6O15Si2. The number of hydrogen-bond donors (Lipinski definition) is 0. The van der Waals surface area contributed by atoms with Gasteiger partial charge in [0.25, 0.3) is 0 Å². The lowest BCUT2D eigenvalue weighted by atomic mass is 15.5. The minimum atomic E-state index is -1.42. The standard InChI is InChI=1S/6Al.2O2Si.2H2O.9O/c;;;;;;2*1-3-2;;;;;;;;;;;/h;;;;;;;;2*1H2;;;;;;;;;. The van der Waals surface area contributed by atoms with Gasteiger partial charge in [0, 0.05) is 0 Å². The molecule has 15 nitrogen and oxygen atoms in total. The summed E-state index contributed by atoms with van der Waals surface area (Å²) in [5, 5.41) is 0. The number of rotatable bonds is 0. The van der Waals surface area contributed by atoms with Gasteiger partial charge in [0.15, 0.2) is 0 Å². The highest BCUT2D eigenvalue weighted by Crippen LogP contribution is 2.24. The van der Waals surface area contributed by atoms with Gasteiger partial charge < -0.3 is 36.5 Å². The van der Waals surface area contributed by atoms with Crippen molar-refractivity contribution < 1.29 is 54.4 Å². The molecule has 9 saturated heterocycles. The smallest absolute Gasteiger partial charge is 0.547 e. The first-order valence-corrected chi connectivity index (χ1v) is 15.2. The van der Waals surface area contributed by atoms with E-state index in [1.807, 2.05) is 0 Å². The highest BCUT2D eigenvalue weighted by Gasteiger charge is 2.69. The fourth-order valence-corrected chi connectivity index (χ4v) is 8.17. The SMILES string of the molecule is O.O.O=[Si]=O.O=[Si]=O.[O]1[Al]2[O][Al]1[O]2.[O]1[Al]2[O][Al]1[O]2.[O]1[Al]2[O][Al]1[O]2. The van der Waals surface area contributed by atoms with Crippen LogP contribution < -0.4 is 0 Å². The van der Waals surface area contributed by atoms with E-state index in [0.29, 0.717) is 0 Å². The minimum absolute atomic E-state index is 0. The van der Waals surface area contributed by atoms with Gasteiger partial charge in [-0.15, -0.1) is 0 Å². The quantitative estimate of drug-likeness (QED) is 0.307. The third kappa shape index (κ3) is 8.30. The first-order chi connectivity index (χ1) is 10.2. The lowest BCUT2D eigenvalue weighted by molar-refractivity contribution is 0.0365. The average Bonchev–Trinajstić information content (AvgIpc) is 1.83. The molecule has 0 radical (unpaired) electrons. The summed E-state index contributed by atoms with van der Waals surface area (Å²) in [5.74, 6) is 0. The van der Waals surface area contributed by atoms with Gasteiger partial charge >= 0.3 is 109 Å². The molecule has 9 heterocycles. The van der Waals surface area contributed by atoms with Crippen LogP contribution in [-0.2, 0) is 43.4 Å². The van der Waals surface area contributed by atoms with E-state index in [2.05, 4.69) is 0 Å². The van der Waals surface area contributed by atoms with Gasteiger partial charge in [0.05, 0.1) is 0 Å². The van der Waals surface area contributed by atoms with Crippen molar-refractivity contribution in [3.63, 3.8) is 0 Å². The van der Waals surface area contributed by atoms with Crippen molar-refractivity contribution in [2.75, 3.05) is 0 Å². The third-order valence-electron chi connectivity index (χ3n) is 2.00. The maximum absolute atomic E-state index is 8.40. The normalized spacial score (nSPS) is 19.5. The Morgan fingerprint density at radius 3 is 0.435 bits per heavy atom. The predicted molar refractivity (Wildman–Crippen MR) is 65.8 cm³/mol. The van der Waals surface area contributed by atoms with Gasteiger partial charge in [0.1, 0.15) is 0 Å². The van der Waals surface area contributed by atoms with Gasteiger partial charge in [-0.3, -0.25) is 17.8 Å². The van der Waals surface area contributed by atoms with E-state index >= 15 is 0 Å². The Morgan fingerprint density at radius 2 is 0.435 bits per heavy atom. The van der Waals surface area contributed by atoms with E-state index in [0.717, 1.165) is 0 Å². The highest BCUT2D eigenvalue weighted by atomic mass is 28.2. The topological polar surface area (TPSA) is 214 Å². The lowest BCUT2D eigenvalue weighted by Gasteiger charge is -2.41. The lowest BCUT2D eigenvalue weighted by Crippen LogP contribution is -2.68. The van der Waals surface area contributed by atoms with E-state index in [1.54, 1.807) is 0 Å². The van der Waals surface area contributed by atoms with Gasteiger partial charge in [-0.1, -0.05) is 0 Å². The summed E-state index contributed by atoms with van der Waals surface area (Å²) in [4.78, 5) is 0. The Balaban J connectivity index is 0.000000264. The maximum Gasteiger partial charge on any atom is 0.821 e. The molecule has 9 fully saturated rings. The van der Waals surface area contributed by atoms with Crippen molar-refractivity contribution in [2.24, 2.45) is 0 Å². The summed E-state index contributed by atoms with van der Waals surface area (Å²) in [5.41, 5.74) is 0. The second kappa shape index (κ2) is 13.5. The Bertz CT molecular complexity index is 305. The Labute approximate surface area is 162 Å². The molecule has 0 atom stereocenters. The summed E-state index contributed by atoms with van der Waals surface area (Å²) in [7, 11) is -2.83. The molecule has 0 spiro atoms. The summed E-state index contributed by atoms with van der Waals surface area (Å²) in [6.07, 6.45) is 0. The molecule has 0 aliphatic carbocycles. The van der Waals surface area contributed by atoms with Crippen LogP contribution in [0.1, 0.15) is 0 Å². The molecule has 0 aromatic rings. The molecule has 0 aromatic heterocycles. The van der Waals surface area contributed by atoms with Crippen LogP contribution in [0.4, 0.5) is 0 Å². The van der Waals surface area contributed by atoms with Crippen molar-refractivity contribution in [1.82, 2.24) is 0 Å². The summed E-state index contributed by atoms with van der Waals surface area (Å²) in [6, 6.07) is 0. The monoisotopic (exact) mass is 462 g/mol. The van der Waals surface area contributed by atoms with Gasteiger partial charge in [-0.25, -0.2) is 0 Å². The molecule has 9 aliphatic heterocycles. The van der Waals surface area contributed by atoms with Crippen LogP contribution in [0.5, 0.6) is 0 Å². The molecule has 0 saturated carbocycles. The van der Waals surface area contributed by atoms with Crippen LogP contribution in [0.2, 0.25) is 0 Å². The summed E-state index contributed by atoms with van der Waals surface area (Å²) in [6.45, 7) is 0. The Kier molecular flexibility index (Phi) is 14.9. The van der Waals surface area contributed by atoms with Gasteiger partial charge in [-0.2, -0.15) is 0 Å². The van der Waals surface area contributed by atoms with Crippen molar-refractivity contribution in [3.8, 4) is 0 Å².